The summed E-state index contributed by atoms with van der Waals surface area (Å²) >= 11 is 0. The van der Waals surface area contributed by atoms with E-state index in [1.165, 1.54) is 13.2 Å². The number of anilines is 1. The second-order valence-corrected chi connectivity index (χ2v) is 7.70. The van der Waals surface area contributed by atoms with Gasteiger partial charge in [-0.1, -0.05) is 19.9 Å². The Morgan fingerprint density at radius 1 is 1.21 bits per heavy atom. The number of ether oxygens (including phenoxy) is 2. The second kappa shape index (κ2) is 8.99. The van der Waals surface area contributed by atoms with Gasteiger partial charge in [0.2, 0.25) is 5.91 Å². The third kappa shape index (κ3) is 4.88. The molecular formula is C23H27NO5. The van der Waals surface area contributed by atoms with Crippen LogP contribution in [-0.2, 0) is 4.79 Å². The molecule has 6 heteroatoms. The number of rotatable bonds is 8. The maximum absolute atomic E-state index is 12.6. The summed E-state index contributed by atoms with van der Waals surface area (Å²) in [7, 11) is 1.45. The number of carboxylic acids is 1. The first kappa shape index (κ1) is 20.7. The first-order valence-electron chi connectivity index (χ1n) is 9.83. The molecule has 0 spiro atoms. The van der Waals surface area contributed by atoms with E-state index in [1.54, 1.807) is 17.0 Å². The van der Waals surface area contributed by atoms with Gasteiger partial charge in [0.15, 0.2) is 0 Å². The fourth-order valence-corrected chi connectivity index (χ4v) is 3.45. The van der Waals surface area contributed by atoms with Gasteiger partial charge in [-0.15, -0.1) is 0 Å². The summed E-state index contributed by atoms with van der Waals surface area (Å²) in [4.78, 5) is 25.6. The molecule has 2 aromatic rings. The van der Waals surface area contributed by atoms with Gasteiger partial charge in [0.1, 0.15) is 17.1 Å². The van der Waals surface area contributed by atoms with Crippen molar-refractivity contribution in [2.75, 3.05) is 25.2 Å². The van der Waals surface area contributed by atoms with Gasteiger partial charge in [-0.2, -0.15) is 0 Å². The van der Waals surface area contributed by atoms with Crippen LogP contribution in [0.2, 0.25) is 0 Å². The average Bonchev–Trinajstić information content (AvgIpc) is 3.09. The van der Waals surface area contributed by atoms with Crippen LogP contribution in [0.3, 0.4) is 0 Å². The SMILES string of the molecule is COc1cc(C2CC(=O)N(c3ccc(OCCC(C)C)cc3)C2)ccc1C(=O)O. The number of carbonyl (C=O) groups is 2. The van der Waals surface area contributed by atoms with E-state index >= 15 is 0 Å². The molecule has 2 aromatic carbocycles. The largest absolute Gasteiger partial charge is 0.496 e. The second-order valence-electron chi connectivity index (χ2n) is 7.70. The van der Waals surface area contributed by atoms with Crippen molar-refractivity contribution in [1.29, 1.82) is 0 Å². The molecule has 0 aromatic heterocycles. The minimum atomic E-state index is -1.03. The van der Waals surface area contributed by atoms with E-state index in [1.807, 2.05) is 24.3 Å². The van der Waals surface area contributed by atoms with E-state index in [0.29, 0.717) is 31.2 Å². The van der Waals surface area contributed by atoms with Crippen LogP contribution in [0.1, 0.15) is 48.5 Å². The van der Waals surface area contributed by atoms with Gasteiger partial charge in [0.05, 0.1) is 13.7 Å². The third-order valence-corrected chi connectivity index (χ3v) is 5.16. The van der Waals surface area contributed by atoms with Crippen LogP contribution in [-0.4, -0.2) is 37.2 Å². The normalized spacial score (nSPS) is 16.3. The Hall–Kier alpha value is -3.02. The van der Waals surface area contributed by atoms with Crippen molar-refractivity contribution < 1.29 is 24.2 Å². The van der Waals surface area contributed by atoms with Gasteiger partial charge in [-0.05, 0) is 54.3 Å². The topological polar surface area (TPSA) is 76.1 Å². The molecule has 0 radical (unpaired) electrons. The zero-order valence-electron chi connectivity index (χ0n) is 17.1. The van der Waals surface area contributed by atoms with Crippen LogP contribution in [0, 0.1) is 5.92 Å². The minimum Gasteiger partial charge on any atom is -0.496 e. The highest BCUT2D eigenvalue weighted by atomic mass is 16.5. The Morgan fingerprint density at radius 3 is 2.55 bits per heavy atom. The lowest BCUT2D eigenvalue weighted by atomic mass is 9.96. The highest BCUT2D eigenvalue weighted by Crippen LogP contribution is 2.34. The van der Waals surface area contributed by atoms with E-state index in [4.69, 9.17) is 9.47 Å². The van der Waals surface area contributed by atoms with Crippen LogP contribution in [0.15, 0.2) is 42.5 Å². The summed E-state index contributed by atoms with van der Waals surface area (Å²) < 4.78 is 11.0. The molecule has 3 rings (SSSR count). The number of carboxylic acid groups (broad SMARTS) is 1. The summed E-state index contributed by atoms with van der Waals surface area (Å²) in [6, 6.07) is 12.6. The van der Waals surface area contributed by atoms with Gasteiger partial charge in [0, 0.05) is 24.6 Å². The zero-order valence-corrected chi connectivity index (χ0v) is 17.1. The Kier molecular flexibility index (Phi) is 6.42. The van der Waals surface area contributed by atoms with Crippen LogP contribution in [0.5, 0.6) is 11.5 Å². The Morgan fingerprint density at radius 2 is 1.93 bits per heavy atom. The van der Waals surface area contributed by atoms with Crippen LogP contribution in [0.4, 0.5) is 5.69 Å². The number of carbonyl (C=O) groups excluding carboxylic acids is 1. The Labute approximate surface area is 171 Å². The maximum Gasteiger partial charge on any atom is 0.339 e. The Balaban J connectivity index is 1.69. The number of benzene rings is 2. The quantitative estimate of drug-likeness (QED) is 0.717. The van der Waals surface area contributed by atoms with Crippen molar-refractivity contribution >= 4 is 17.6 Å². The molecular weight excluding hydrogens is 370 g/mol. The van der Waals surface area contributed by atoms with Crippen LogP contribution < -0.4 is 14.4 Å². The maximum atomic E-state index is 12.6. The number of hydrogen-bond acceptors (Lipinski definition) is 4. The molecule has 29 heavy (non-hydrogen) atoms. The summed E-state index contributed by atoms with van der Waals surface area (Å²) in [5.74, 6) is 0.700. The summed E-state index contributed by atoms with van der Waals surface area (Å²) in [5.41, 5.74) is 1.85. The lowest BCUT2D eigenvalue weighted by Crippen LogP contribution is -2.24. The fourth-order valence-electron chi connectivity index (χ4n) is 3.45. The van der Waals surface area contributed by atoms with Crippen LogP contribution >= 0.6 is 0 Å². The van der Waals surface area contributed by atoms with Gasteiger partial charge in [0.25, 0.3) is 0 Å². The van der Waals surface area contributed by atoms with Crippen molar-refractivity contribution in [1.82, 2.24) is 0 Å². The molecule has 1 saturated heterocycles. The highest BCUT2D eigenvalue weighted by molar-refractivity contribution is 5.96. The molecule has 154 valence electrons. The van der Waals surface area contributed by atoms with Gasteiger partial charge in [-0.25, -0.2) is 4.79 Å². The number of hydrogen-bond donors (Lipinski definition) is 1. The van der Waals surface area contributed by atoms with E-state index < -0.39 is 5.97 Å². The molecule has 1 aliphatic rings. The first-order valence-corrected chi connectivity index (χ1v) is 9.83. The van der Waals surface area contributed by atoms with Crippen molar-refractivity contribution in [3.63, 3.8) is 0 Å². The summed E-state index contributed by atoms with van der Waals surface area (Å²) in [5, 5.41) is 9.24. The first-order chi connectivity index (χ1) is 13.9. The van der Waals surface area contributed by atoms with Crippen molar-refractivity contribution in [2.24, 2.45) is 5.92 Å². The van der Waals surface area contributed by atoms with Crippen LogP contribution in [0.25, 0.3) is 0 Å². The lowest BCUT2D eigenvalue weighted by Gasteiger charge is -2.18. The van der Waals surface area contributed by atoms with E-state index in [2.05, 4.69) is 13.8 Å². The van der Waals surface area contributed by atoms with Gasteiger partial charge in [-0.3, -0.25) is 4.79 Å². The molecule has 1 aliphatic heterocycles. The number of aromatic carboxylic acids is 1. The monoisotopic (exact) mass is 397 g/mol. The lowest BCUT2D eigenvalue weighted by molar-refractivity contribution is -0.117. The highest BCUT2D eigenvalue weighted by Gasteiger charge is 2.32. The third-order valence-electron chi connectivity index (χ3n) is 5.16. The molecule has 0 saturated carbocycles. The van der Waals surface area contributed by atoms with E-state index in [-0.39, 0.29) is 17.4 Å². The predicted molar refractivity (Wildman–Crippen MR) is 111 cm³/mol. The average molecular weight is 397 g/mol. The fraction of sp³-hybridized carbons (Fsp3) is 0.391. The van der Waals surface area contributed by atoms with Gasteiger partial charge >= 0.3 is 5.97 Å². The standard InChI is InChI=1S/C23H27NO5/c1-15(2)10-11-29-19-7-5-18(6-8-19)24-14-17(13-22(24)25)16-4-9-20(23(26)27)21(12-16)28-3/h4-9,12,15,17H,10-11,13-14H2,1-3H3,(H,26,27). The smallest absolute Gasteiger partial charge is 0.339 e. The molecule has 1 unspecified atom stereocenters. The molecule has 0 bridgehead atoms. The molecule has 1 atom stereocenters. The number of methoxy groups -OCH3 is 1. The molecule has 0 aliphatic carbocycles. The van der Waals surface area contributed by atoms with Gasteiger partial charge < -0.3 is 19.5 Å². The molecule has 1 fully saturated rings. The van der Waals surface area contributed by atoms with Crippen molar-refractivity contribution in [2.45, 2.75) is 32.6 Å². The van der Waals surface area contributed by atoms with E-state index in [0.717, 1.165) is 23.4 Å². The predicted octanol–water partition coefficient (Wildman–Crippen LogP) is 4.34. The molecule has 1 N–H and O–H groups in total. The van der Waals surface area contributed by atoms with Crippen molar-refractivity contribution in [3.05, 3.63) is 53.6 Å². The molecule has 1 heterocycles. The summed E-state index contributed by atoms with van der Waals surface area (Å²) in [6.07, 6.45) is 1.38. The van der Waals surface area contributed by atoms with Crippen molar-refractivity contribution in [3.8, 4) is 11.5 Å². The van der Waals surface area contributed by atoms with E-state index in [9.17, 15) is 14.7 Å². The number of amides is 1. The summed E-state index contributed by atoms with van der Waals surface area (Å²) in [6.45, 7) is 5.54. The number of nitrogens with zero attached hydrogens (tertiary/aromatic N) is 1. The molecule has 6 nitrogen and oxygen atoms in total. The zero-order chi connectivity index (χ0) is 21.0. The molecule has 1 amide bonds. The minimum absolute atomic E-state index is 0.0128. The Bertz CT molecular complexity index is 875.